The second-order valence-electron chi connectivity index (χ2n) is 13.7. The van der Waals surface area contributed by atoms with E-state index in [1.165, 1.54) is 44.6 Å². The fourth-order valence-corrected chi connectivity index (χ4v) is 8.91. The van der Waals surface area contributed by atoms with Crippen molar-refractivity contribution < 1.29 is 9.59 Å². The molecule has 3 nitrogen and oxygen atoms in total. The lowest BCUT2D eigenvalue weighted by molar-refractivity contribution is 0.0990. The number of aryl methyl sites for hydroxylation is 2. The Hall–Kier alpha value is -6.32. The number of hydrogen-bond donors (Lipinski definition) is 0. The molecule has 0 amide bonds. The van der Waals surface area contributed by atoms with Gasteiger partial charge in [0.15, 0.2) is 11.6 Å². The normalized spacial score (nSPS) is 14.8. The van der Waals surface area contributed by atoms with Gasteiger partial charge in [-0.1, -0.05) is 115 Å². The number of carbonyl (C=O) groups is 2. The van der Waals surface area contributed by atoms with E-state index < -0.39 is 5.41 Å². The summed E-state index contributed by atoms with van der Waals surface area (Å²) in [4.78, 5) is 30.2. The molecule has 0 fully saturated rings. The van der Waals surface area contributed by atoms with Crippen LogP contribution in [0.2, 0.25) is 0 Å². The van der Waals surface area contributed by atoms with E-state index >= 15 is 0 Å². The molecular weight excluding hydrogens is 611 g/mol. The summed E-state index contributed by atoms with van der Waals surface area (Å²) in [6, 6.07) is 50.7. The van der Waals surface area contributed by atoms with Crippen LogP contribution in [0.25, 0.3) is 28.0 Å². The van der Waals surface area contributed by atoms with Gasteiger partial charge in [-0.05, 0) is 112 Å². The van der Waals surface area contributed by atoms with Crippen LogP contribution < -0.4 is 4.90 Å². The molecular formula is C47H31NO2. The van der Waals surface area contributed by atoms with Crippen LogP contribution in [0.4, 0.5) is 17.1 Å². The van der Waals surface area contributed by atoms with Crippen molar-refractivity contribution in [1.82, 2.24) is 0 Å². The number of ketones is 2. The number of anilines is 3. The number of fused-ring (bicyclic) bond motifs is 11. The maximum absolute atomic E-state index is 13.9. The van der Waals surface area contributed by atoms with Gasteiger partial charge in [-0.15, -0.1) is 0 Å². The summed E-state index contributed by atoms with van der Waals surface area (Å²) in [6.45, 7) is 4.39. The highest BCUT2D eigenvalue weighted by Gasteiger charge is 2.52. The van der Waals surface area contributed by atoms with E-state index in [0.717, 1.165) is 33.3 Å². The standard InChI is InChI=1S/C47H31NO2/c1-28-22-29(2)44-42(23-28)47(39-18-10-8-16-34(39)35-17-9-11-19-40(35)47)41-25-30(20-21-43(41)48(44)33-14-4-3-5-15-33)24-38-45(49)36-26-31-12-6-7-13-32(31)27-37(36)46(38)50/h3-27H,1-2H3. The maximum atomic E-state index is 13.9. The topological polar surface area (TPSA) is 37.4 Å². The van der Waals surface area contributed by atoms with Gasteiger partial charge in [-0.25, -0.2) is 0 Å². The molecule has 10 rings (SSSR count). The molecule has 2 aliphatic carbocycles. The molecule has 0 unspecified atom stereocenters. The van der Waals surface area contributed by atoms with Crippen LogP contribution in [-0.2, 0) is 5.41 Å². The van der Waals surface area contributed by atoms with Crippen molar-refractivity contribution in [3.05, 3.63) is 201 Å². The summed E-state index contributed by atoms with van der Waals surface area (Å²) >= 11 is 0. The Kier molecular flexibility index (Phi) is 5.93. The molecule has 0 bridgehead atoms. The number of nitrogens with zero attached hydrogens (tertiary/aromatic N) is 1. The Morgan fingerprint density at radius 1 is 0.520 bits per heavy atom. The van der Waals surface area contributed by atoms with Gasteiger partial charge in [0.25, 0.3) is 0 Å². The predicted octanol–water partition coefficient (Wildman–Crippen LogP) is 11.1. The van der Waals surface area contributed by atoms with E-state index in [-0.39, 0.29) is 17.1 Å². The minimum atomic E-state index is -0.626. The molecule has 1 spiro atoms. The van der Waals surface area contributed by atoms with Gasteiger partial charge in [0.1, 0.15) is 0 Å². The summed E-state index contributed by atoms with van der Waals surface area (Å²) in [7, 11) is 0. The Morgan fingerprint density at radius 3 is 1.74 bits per heavy atom. The van der Waals surface area contributed by atoms with Crippen LogP contribution in [0, 0.1) is 13.8 Å². The Labute approximate surface area is 290 Å². The third kappa shape index (κ3) is 3.75. The monoisotopic (exact) mass is 641 g/mol. The number of para-hydroxylation sites is 1. The van der Waals surface area contributed by atoms with Crippen LogP contribution in [-0.4, -0.2) is 11.6 Å². The lowest BCUT2D eigenvalue weighted by Gasteiger charge is -2.46. The highest BCUT2D eigenvalue weighted by Crippen LogP contribution is 2.64. The van der Waals surface area contributed by atoms with E-state index in [1.807, 2.05) is 42.5 Å². The summed E-state index contributed by atoms with van der Waals surface area (Å²) in [5.41, 5.74) is 14.3. The van der Waals surface area contributed by atoms with E-state index in [0.29, 0.717) is 11.1 Å². The van der Waals surface area contributed by atoms with E-state index in [2.05, 4.69) is 122 Å². The first-order valence-corrected chi connectivity index (χ1v) is 17.1. The molecule has 0 atom stereocenters. The quantitative estimate of drug-likeness (QED) is 0.139. The van der Waals surface area contributed by atoms with Crippen LogP contribution in [0.3, 0.4) is 0 Å². The second-order valence-corrected chi connectivity index (χ2v) is 13.7. The molecule has 1 aliphatic heterocycles. The van der Waals surface area contributed by atoms with Crippen LogP contribution in [0.5, 0.6) is 0 Å². The highest BCUT2D eigenvalue weighted by atomic mass is 16.2. The molecule has 0 radical (unpaired) electrons. The van der Waals surface area contributed by atoms with Gasteiger partial charge in [0.2, 0.25) is 0 Å². The second kappa shape index (κ2) is 10.3. The number of carbonyl (C=O) groups excluding carboxylic acids is 2. The maximum Gasteiger partial charge on any atom is 0.197 e. The van der Waals surface area contributed by atoms with Gasteiger partial charge >= 0.3 is 0 Å². The third-order valence-corrected chi connectivity index (χ3v) is 10.9. The van der Waals surface area contributed by atoms with Crippen molar-refractivity contribution >= 4 is 45.5 Å². The van der Waals surface area contributed by atoms with Crippen molar-refractivity contribution in [3.63, 3.8) is 0 Å². The predicted molar refractivity (Wildman–Crippen MR) is 202 cm³/mol. The number of Topliss-reactive ketones (excluding diaryl/α,β-unsaturated/α-hetero) is 2. The fraction of sp³-hybridized carbons (Fsp3) is 0.0638. The lowest BCUT2D eigenvalue weighted by atomic mass is 9.63. The van der Waals surface area contributed by atoms with E-state index in [9.17, 15) is 9.59 Å². The fourth-order valence-electron chi connectivity index (χ4n) is 8.91. The van der Waals surface area contributed by atoms with Crippen molar-refractivity contribution in [2.24, 2.45) is 0 Å². The minimum absolute atomic E-state index is 0.208. The number of benzene rings is 7. The van der Waals surface area contributed by atoms with Crippen LogP contribution >= 0.6 is 0 Å². The summed E-state index contributed by atoms with van der Waals surface area (Å²) < 4.78 is 0. The Bertz CT molecular complexity index is 2560. The zero-order valence-corrected chi connectivity index (χ0v) is 27.7. The summed E-state index contributed by atoms with van der Waals surface area (Å²) in [5.74, 6) is -0.440. The lowest BCUT2D eigenvalue weighted by Crippen LogP contribution is -2.37. The van der Waals surface area contributed by atoms with Gasteiger partial charge in [0, 0.05) is 16.8 Å². The molecule has 0 saturated heterocycles. The average Bonchev–Trinajstić information content (AvgIpc) is 3.56. The minimum Gasteiger partial charge on any atom is -0.310 e. The van der Waals surface area contributed by atoms with Crippen molar-refractivity contribution in [1.29, 1.82) is 0 Å². The first kappa shape index (κ1) is 28.7. The van der Waals surface area contributed by atoms with Crippen LogP contribution in [0.1, 0.15) is 59.7 Å². The van der Waals surface area contributed by atoms with Gasteiger partial charge in [-0.3, -0.25) is 9.59 Å². The van der Waals surface area contributed by atoms with Crippen LogP contribution in [0.15, 0.2) is 151 Å². The SMILES string of the molecule is Cc1cc(C)c2c(c1)C1(c3ccccc3-c3ccccc31)c1cc(C=C3C(=O)c4cc5ccccc5cc4C3=O)ccc1N2c1ccccc1. The average molecular weight is 642 g/mol. The molecule has 1 heterocycles. The van der Waals surface area contributed by atoms with Gasteiger partial charge in [0.05, 0.1) is 22.4 Å². The zero-order chi connectivity index (χ0) is 33.7. The van der Waals surface area contributed by atoms with E-state index in [1.54, 1.807) is 6.08 Å². The molecule has 7 aromatic rings. The molecule has 3 heteroatoms. The molecule has 0 saturated carbocycles. The molecule has 50 heavy (non-hydrogen) atoms. The first-order chi connectivity index (χ1) is 24.4. The first-order valence-electron chi connectivity index (χ1n) is 17.1. The largest absolute Gasteiger partial charge is 0.310 e. The zero-order valence-electron chi connectivity index (χ0n) is 27.7. The number of allylic oxidation sites excluding steroid dienone is 1. The van der Waals surface area contributed by atoms with Gasteiger partial charge in [-0.2, -0.15) is 0 Å². The molecule has 3 aliphatic rings. The van der Waals surface area contributed by atoms with Crippen molar-refractivity contribution in [3.8, 4) is 11.1 Å². The molecule has 0 N–H and O–H groups in total. The molecule has 0 aromatic heterocycles. The van der Waals surface area contributed by atoms with Gasteiger partial charge < -0.3 is 4.90 Å². The number of hydrogen-bond acceptors (Lipinski definition) is 3. The van der Waals surface area contributed by atoms with Crippen molar-refractivity contribution in [2.45, 2.75) is 19.3 Å². The summed E-state index contributed by atoms with van der Waals surface area (Å²) in [5, 5.41) is 1.90. The Balaban J connectivity index is 1.27. The molecule has 7 aromatic carbocycles. The Morgan fingerprint density at radius 2 is 1.10 bits per heavy atom. The van der Waals surface area contributed by atoms with E-state index in [4.69, 9.17) is 0 Å². The third-order valence-electron chi connectivity index (χ3n) is 10.9. The summed E-state index contributed by atoms with van der Waals surface area (Å²) in [6.07, 6.45) is 1.81. The highest BCUT2D eigenvalue weighted by molar-refractivity contribution is 6.42. The number of rotatable bonds is 2. The van der Waals surface area contributed by atoms with Crippen molar-refractivity contribution in [2.75, 3.05) is 4.90 Å². The smallest absolute Gasteiger partial charge is 0.197 e. The molecule has 236 valence electrons.